The normalized spacial score (nSPS) is 31.0. The lowest BCUT2D eigenvalue weighted by molar-refractivity contribution is -0.219. The van der Waals surface area contributed by atoms with Gasteiger partial charge in [-0.3, -0.25) is 0 Å². The maximum absolute atomic E-state index is 9.05. The number of ether oxygens (including phenoxy) is 2. The van der Waals surface area contributed by atoms with Crippen molar-refractivity contribution in [3.05, 3.63) is 0 Å². The molecule has 3 nitrogen and oxygen atoms in total. The molecule has 1 N–H and O–H groups in total. The van der Waals surface area contributed by atoms with E-state index >= 15 is 0 Å². The van der Waals surface area contributed by atoms with Crippen LogP contribution in [0.5, 0.6) is 0 Å². The second kappa shape index (κ2) is 4.80. The average Bonchev–Trinajstić information content (AvgIpc) is 2.03. The molecule has 0 aromatic carbocycles. The van der Waals surface area contributed by atoms with Crippen LogP contribution in [0.2, 0.25) is 0 Å². The van der Waals surface area contributed by atoms with Gasteiger partial charge in [0.25, 0.3) is 0 Å². The Balaban J connectivity index is 2.09. The minimum atomic E-state index is -0.430. The van der Waals surface area contributed by atoms with E-state index in [1.807, 2.05) is 0 Å². The van der Waals surface area contributed by atoms with E-state index in [1.165, 1.54) is 0 Å². The summed E-state index contributed by atoms with van der Waals surface area (Å²) in [4.78, 5) is 0. The molecular formula is C9H18O3. The van der Waals surface area contributed by atoms with E-state index in [-0.39, 0.29) is 6.29 Å². The summed E-state index contributed by atoms with van der Waals surface area (Å²) in [6.07, 6.45) is 1.53. The summed E-state index contributed by atoms with van der Waals surface area (Å²) < 4.78 is 10.5. The lowest BCUT2D eigenvalue weighted by Gasteiger charge is -2.26. The topological polar surface area (TPSA) is 38.7 Å². The molecule has 1 rings (SSSR count). The molecule has 12 heavy (non-hydrogen) atoms. The van der Waals surface area contributed by atoms with Crippen LogP contribution in [-0.2, 0) is 9.47 Å². The summed E-state index contributed by atoms with van der Waals surface area (Å²) in [7, 11) is 0. The van der Waals surface area contributed by atoms with Gasteiger partial charge in [0, 0.05) is 0 Å². The minimum Gasteiger partial charge on any atom is -0.388 e. The first-order valence-electron chi connectivity index (χ1n) is 4.59. The van der Waals surface area contributed by atoms with E-state index in [9.17, 15) is 0 Å². The SMILES string of the molecule is CC(C)CCC1OCC(O)CO1. The Hall–Kier alpha value is -0.120. The Labute approximate surface area is 73.7 Å². The zero-order chi connectivity index (χ0) is 8.97. The summed E-state index contributed by atoms with van der Waals surface area (Å²) in [5.74, 6) is 0.684. The summed E-state index contributed by atoms with van der Waals surface area (Å²) in [5, 5.41) is 9.05. The Bertz CT molecular complexity index is 117. The molecule has 0 aromatic heterocycles. The molecule has 0 radical (unpaired) electrons. The van der Waals surface area contributed by atoms with Crippen molar-refractivity contribution in [1.82, 2.24) is 0 Å². The minimum absolute atomic E-state index is 0.0872. The largest absolute Gasteiger partial charge is 0.388 e. The Morgan fingerprint density at radius 2 is 1.92 bits per heavy atom. The highest BCUT2D eigenvalue weighted by atomic mass is 16.7. The van der Waals surface area contributed by atoms with Gasteiger partial charge in [-0.1, -0.05) is 13.8 Å². The summed E-state index contributed by atoms with van der Waals surface area (Å²) in [6.45, 7) is 5.20. The molecule has 1 saturated heterocycles. The molecule has 0 amide bonds. The van der Waals surface area contributed by atoms with Gasteiger partial charge in [-0.05, 0) is 18.8 Å². The van der Waals surface area contributed by atoms with Crippen molar-refractivity contribution in [2.24, 2.45) is 5.92 Å². The number of hydrogen-bond acceptors (Lipinski definition) is 3. The molecule has 0 saturated carbocycles. The second-order valence-electron chi connectivity index (χ2n) is 3.72. The molecular weight excluding hydrogens is 156 g/mol. The van der Waals surface area contributed by atoms with Crippen LogP contribution in [-0.4, -0.2) is 30.7 Å². The van der Waals surface area contributed by atoms with Gasteiger partial charge in [-0.15, -0.1) is 0 Å². The van der Waals surface area contributed by atoms with Gasteiger partial charge in [-0.2, -0.15) is 0 Å². The quantitative estimate of drug-likeness (QED) is 0.697. The van der Waals surface area contributed by atoms with Crippen LogP contribution >= 0.6 is 0 Å². The summed E-state index contributed by atoms with van der Waals surface area (Å²) >= 11 is 0. The molecule has 0 unspecified atom stereocenters. The lowest BCUT2D eigenvalue weighted by Crippen LogP contribution is -2.35. The van der Waals surface area contributed by atoms with E-state index in [1.54, 1.807) is 0 Å². The summed E-state index contributed by atoms with van der Waals surface area (Å²) in [6, 6.07) is 0. The molecule has 3 heteroatoms. The van der Waals surface area contributed by atoms with Crippen LogP contribution in [0.3, 0.4) is 0 Å². The van der Waals surface area contributed by atoms with Crippen LogP contribution in [0.25, 0.3) is 0 Å². The van der Waals surface area contributed by atoms with Gasteiger partial charge in [-0.25, -0.2) is 0 Å². The standard InChI is InChI=1S/C9H18O3/c1-7(2)3-4-9-11-5-8(10)6-12-9/h7-10H,3-6H2,1-2H3. The molecule has 1 fully saturated rings. The first-order valence-corrected chi connectivity index (χ1v) is 4.59. The third kappa shape index (κ3) is 3.52. The van der Waals surface area contributed by atoms with Crippen LogP contribution in [0.4, 0.5) is 0 Å². The zero-order valence-electron chi connectivity index (χ0n) is 7.82. The van der Waals surface area contributed by atoms with E-state index in [4.69, 9.17) is 14.6 Å². The molecule has 0 aliphatic carbocycles. The van der Waals surface area contributed by atoms with Gasteiger partial charge in [0.2, 0.25) is 0 Å². The van der Waals surface area contributed by atoms with Crippen molar-refractivity contribution < 1.29 is 14.6 Å². The molecule has 72 valence electrons. The maximum atomic E-state index is 9.05. The molecule has 1 aliphatic heterocycles. The molecule has 0 bridgehead atoms. The summed E-state index contributed by atoms with van der Waals surface area (Å²) in [5.41, 5.74) is 0. The van der Waals surface area contributed by atoms with Crippen molar-refractivity contribution in [2.45, 2.75) is 39.1 Å². The van der Waals surface area contributed by atoms with Crippen molar-refractivity contribution >= 4 is 0 Å². The van der Waals surface area contributed by atoms with Crippen molar-refractivity contribution in [3.8, 4) is 0 Å². The Morgan fingerprint density at radius 1 is 1.33 bits per heavy atom. The molecule has 0 spiro atoms. The van der Waals surface area contributed by atoms with Gasteiger partial charge >= 0.3 is 0 Å². The highest BCUT2D eigenvalue weighted by molar-refractivity contribution is 4.60. The van der Waals surface area contributed by atoms with E-state index in [0.29, 0.717) is 19.1 Å². The third-order valence-electron chi connectivity index (χ3n) is 1.93. The molecule has 0 aromatic rings. The first kappa shape index (κ1) is 9.96. The third-order valence-corrected chi connectivity index (χ3v) is 1.93. The first-order chi connectivity index (χ1) is 5.68. The van der Waals surface area contributed by atoms with Crippen molar-refractivity contribution in [1.29, 1.82) is 0 Å². The van der Waals surface area contributed by atoms with E-state index in [0.717, 1.165) is 12.8 Å². The van der Waals surface area contributed by atoms with Crippen LogP contribution in [0.1, 0.15) is 26.7 Å². The van der Waals surface area contributed by atoms with Gasteiger partial charge < -0.3 is 14.6 Å². The molecule has 1 heterocycles. The highest BCUT2D eigenvalue weighted by Gasteiger charge is 2.19. The predicted octanol–water partition coefficient (Wildman–Crippen LogP) is 1.16. The fraction of sp³-hybridized carbons (Fsp3) is 1.00. The molecule has 0 atom stereocenters. The van der Waals surface area contributed by atoms with E-state index in [2.05, 4.69) is 13.8 Å². The lowest BCUT2D eigenvalue weighted by atomic mass is 10.1. The number of aliphatic hydroxyl groups is 1. The fourth-order valence-electron chi connectivity index (χ4n) is 1.17. The van der Waals surface area contributed by atoms with Gasteiger partial charge in [0.1, 0.15) is 6.10 Å². The number of hydrogen-bond donors (Lipinski definition) is 1. The van der Waals surface area contributed by atoms with Gasteiger partial charge in [0.05, 0.1) is 13.2 Å². The zero-order valence-corrected chi connectivity index (χ0v) is 7.82. The smallest absolute Gasteiger partial charge is 0.157 e. The average molecular weight is 174 g/mol. The van der Waals surface area contributed by atoms with E-state index < -0.39 is 6.10 Å². The molecule has 1 aliphatic rings. The number of aliphatic hydroxyl groups excluding tert-OH is 1. The van der Waals surface area contributed by atoms with Crippen molar-refractivity contribution in [2.75, 3.05) is 13.2 Å². The Morgan fingerprint density at radius 3 is 2.42 bits per heavy atom. The van der Waals surface area contributed by atoms with Gasteiger partial charge in [0.15, 0.2) is 6.29 Å². The predicted molar refractivity (Wildman–Crippen MR) is 45.8 cm³/mol. The Kier molecular flexibility index (Phi) is 3.98. The monoisotopic (exact) mass is 174 g/mol. The van der Waals surface area contributed by atoms with Crippen LogP contribution in [0, 0.1) is 5.92 Å². The number of rotatable bonds is 3. The maximum Gasteiger partial charge on any atom is 0.157 e. The fourth-order valence-corrected chi connectivity index (χ4v) is 1.17. The van der Waals surface area contributed by atoms with Crippen LogP contribution in [0.15, 0.2) is 0 Å². The second-order valence-corrected chi connectivity index (χ2v) is 3.72. The van der Waals surface area contributed by atoms with Crippen molar-refractivity contribution in [3.63, 3.8) is 0 Å². The highest BCUT2D eigenvalue weighted by Crippen LogP contribution is 2.14. The van der Waals surface area contributed by atoms with Crippen LogP contribution < -0.4 is 0 Å².